The van der Waals surface area contributed by atoms with E-state index in [4.69, 9.17) is 0 Å². The molecule has 0 amide bonds. The highest BCUT2D eigenvalue weighted by Crippen LogP contribution is 2.15. The molecule has 0 saturated carbocycles. The quantitative estimate of drug-likeness (QED) is 0.441. The molecule has 0 nitrogen and oxygen atoms in total. The van der Waals surface area contributed by atoms with E-state index in [-0.39, 0.29) is 0 Å². The summed E-state index contributed by atoms with van der Waals surface area (Å²) in [6.07, 6.45) is 13.1. The molecule has 0 saturated heterocycles. The van der Waals surface area contributed by atoms with Crippen LogP contribution in [-0.4, -0.2) is 0 Å². The Morgan fingerprint density at radius 3 is 1.94 bits per heavy atom. The van der Waals surface area contributed by atoms with Crippen molar-refractivity contribution in [3.05, 3.63) is 36.0 Å². The topological polar surface area (TPSA) is 0 Å². The van der Waals surface area contributed by atoms with E-state index in [1.807, 2.05) is 19.9 Å². The van der Waals surface area contributed by atoms with Crippen molar-refractivity contribution in [3.63, 3.8) is 0 Å². The zero-order valence-electron chi connectivity index (χ0n) is 13.6. The van der Waals surface area contributed by atoms with Crippen LogP contribution >= 0.6 is 0 Å². The monoisotopic (exact) mass is 250 g/mol. The Kier molecular flexibility index (Phi) is 15.5. The Hall–Kier alpha value is -0.780. The molecular formula is C18H34. The lowest BCUT2D eigenvalue weighted by Gasteiger charge is -2.09. The van der Waals surface area contributed by atoms with Crippen LogP contribution in [0, 0.1) is 5.92 Å². The third kappa shape index (κ3) is 15.2. The van der Waals surface area contributed by atoms with E-state index in [9.17, 15) is 0 Å². The maximum atomic E-state index is 3.75. The smallest absolute Gasteiger partial charge is 0.0401 e. The Bertz CT molecular complexity index is 239. The second-order valence-electron chi connectivity index (χ2n) is 5.04. The molecule has 0 heteroatoms. The lowest BCUT2D eigenvalue weighted by atomic mass is 9.97. The van der Waals surface area contributed by atoms with Gasteiger partial charge in [-0.2, -0.15) is 0 Å². The van der Waals surface area contributed by atoms with Gasteiger partial charge in [0.15, 0.2) is 0 Å². The van der Waals surface area contributed by atoms with Gasteiger partial charge in [-0.3, -0.25) is 0 Å². The Balaban J connectivity index is 0. The maximum Gasteiger partial charge on any atom is -0.0401 e. The maximum absolute atomic E-state index is 3.75. The average molecular weight is 250 g/mol. The minimum absolute atomic E-state index is 1.00. The first kappa shape index (κ1) is 19.6. The van der Waals surface area contributed by atoms with E-state index in [2.05, 4.69) is 46.4 Å². The summed E-state index contributed by atoms with van der Waals surface area (Å²) in [7, 11) is 0. The predicted octanol–water partition coefficient (Wildman–Crippen LogP) is 6.70. The van der Waals surface area contributed by atoms with Gasteiger partial charge in [0.25, 0.3) is 0 Å². The highest BCUT2D eigenvalue weighted by molar-refractivity contribution is 5.22. The van der Waals surface area contributed by atoms with Gasteiger partial charge in [-0.05, 0) is 26.7 Å². The van der Waals surface area contributed by atoms with E-state index >= 15 is 0 Å². The minimum Gasteiger partial charge on any atom is -0.0961 e. The molecule has 0 heterocycles. The van der Waals surface area contributed by atoms with Gasteiger partial charge in [-0.1, -0.05) is 88.8 Å². The summed E-state index contributed by atoms with van der Waals surface area (Å²) < 4.78 is 0. The molecule has 0 unspecified atom stereocenters. The molecule has 18 heavy (non-hydrogen) atoms. The number of hydrogen-bond acceptors (Lipinski definition) is 0. The second-order valence-corrected chi connectivity index (χ2v) is 5.04. The van der Waals surface area contributed by atoms with Crippen LogP contribution in [0.1, 0.15) is 73.6 Å². The highest BCUT2D eigenvalue weighted by atomic mass is 14.1. The summed E-state index contributed by atoms with van der Waals surface area (Å²) >= 11 is 0. The first-order valence-electron chi connectivity index (χ1n) is 7.48. The van der Waals surface area contributed by atoms with Crippen molar-refractivity contribution in [1.29, 1.82) is 0 Å². The summed E-state index contributed by atoms with van der Waals surface area (Å²) in [5.74, 6) is 1.00. The average Bonchev–Trinajstić information content (AvgIpc) is 2.38. The van der Waals surface area contributed by atoms with Crippen LogP contribution in [0.2, 0.25) is 0 Å². The molecule has 0 rings (SSSR count). The molecule has 0 aliphatic heterocycles. The van der Waals surface area contributed by atoms with Crippen molar-refractivity contribution in [2.75, 3.05) is 0 Å². The fourth-order valence-electron chi connectivity index (χ4n) is 1.56. The van der Waals surface area contributed by atoms with Gasteiger partial charge < -0.3 is 0 Å². The molecule has 0 fully saturated rings. The van der Waals surface area contributed by atoms with Crippen LogP contribution in [0.15, 0.2) is 36.0 Å². The highest BCUT2D eigenvalue weighted by Gasteiger charge is 2.00. The third-order valence-corrected chi connectivity index (χ3v) is 3.21. The number of unbranched alkanes of at least 4 members (excludes halogenated alkanes) is 1. The Morgan fingerprint density at radius 1 is 1.06 bits per heavy atom. The molecule has 0 radical (unpaired) electrons. The van der Waals surface area contributed by atoms with Crippen LogP contribution in [0.25, 0.3) is 0 Å². The van der Waals surface area contributed by atoms with Crippen molar-refractivity contribution in [3.8, 4) is 0 Å². The largest absolute Gasteiger partial charge is 0.0961 e. The van der Waals surface area contributed by atoms with Gasteiger partial charge in [0.2, 0.25) is 0 Å². The van der Waals surface area contributed by atoms with E-state index in [1.54, 1.807) is 0 Å². The van der Waals surface area contributed by atoms with E-state index in [1.165, 1.54) is 37.7 Å². The number of hydrogen-bond donors (Lipinski definition) is 0. The third-order valence-electron chi connectivity index (χ3n) is 3.21. The van der Waals surface area contributed by atoms with Gasteiger partial charge in [0, 0.05) is 0 Å². The first-order valence-corrected chi connectivity index (χ1v) is 7.48. The molecule has 0 spiro atoms. The van der Waals surface area contributed by atoms with Crippen LogP contribution in [-0.2, 0) is 0 Å². The van der Waals surface area contributed by atoms with Crippen LogP contribution in [0.5, 0.6) is 0 Å². The molecule has 0 aromatic heterocycles. The van der Waals surface area contributed by atoms with E-state index < -0.39 is 0 Å². The summed E-state index contributed by atoms with van der Waals surface area (Å²) in [5.41, 5.74) is 2.37. The van der Waals surface area contributed by atoms with Crippen molar-refractivity contribution < 1.29 is 0 Å². The first-order chi connectivity index (χ1) is 8.51. The number of allylic oxidation sites excluding steroid dienone is 5. The van der Waals surface area contributed by atoms with Gasteiger partial charge in [-0.15, -0.1) is 0 Å². The standard InChI is InChI=1S/C9H14.C9H20/c1-5-9(4)7-6-8(2)3;1-4-7-8-9(5-2)6-3/h5-7H,2H2,1,3-4H3;9H,4-8H2,1-3H3/b7-6-,9-5-;. The molecule has 0 aliphatic rings. The van der Waals surface area contributed by atoms with Gasteiger partial charge in [0.1, 0.15) is 0 Å². The van der Waals surface area contributed by atoms with Gasteiger partial charge >= 0.3 is 0 Å². The number of rotatable bonds is 7. The second kappa shape index (κ2) is 14.3. The zero-order valence-corrected chi connectivity index (χ0v) is 13.6. The molecule has 0 N–H and O–H groups in total. The van der Waals surface area contributed by atoms with Crippen molar-refractivity contribution >= 4 is 0 Å². The molecule has 0 aromatic rings. The Morgan fingerprint density at radius 2 is 1.61 bits per heavy atom. The normalized spacial score (nSPS) is 11.6. The molecule has 0 aromatic carbocycles. The molecule has 0 atom stereocenters. The van der Waals surface area contributed by atoms with Gasteiger partial charge in [0.05, 0.1) is 0 Å². The van der Waals surface area contributed by atoms with E-state index in [0.29, 0.717) is 0 Å². The van der Waals surface area contributed by atoms with Gasteiger partial charge in [-0.25, -0.2) is 0 Å². The molecule has 0 bridgehead atoms. The molecule has 0 aliphatic carbocycles. The lowest BCUT2D eigenvalue weighted by Crippen LogP contribution is -1.95. The fraction of sp³-hybridized carbons (Fsp3) is 0.667. The van der Waals surface area contributed by atoms with Crippen LogP contribution < -0.4 is 0 Å². The van der Waals surface area contributed by atoms with Crippen molar-refractivity contribution in [2.45, 2.75) is 73.6 Å². The summed E-state index contributed by atoms with van der Waals surface area (Å²) in [4.78, 5) is 0. The van der Waals surface area contributed by atoms with Crippen molar-refractivity contribution in [2.24, 2.45) is 5.92 Å². The zero-order chi connectivity index (χ0) is 14.4. The molecular weight excluding hydrogens is 216 g/mol. The van der Waals surface area contributed by atoms with E-state index in [0.717, 1.165) is 11.5 Å². The molecule has 106 valence electrons. The summed E-state index contributed by atoms with van der Waals surface area (Å²) in [6.45, 7) is 16.7. The van der Waals surface area contributed by atoms with Crippen molar-refractivity contribution in [1.82, 2.24) is 0 Å². The Labute approximate surface area is 116 Å². The summed E-state index contributed by atoms with van der Waals surface area (Å²) in [5, 5.41) is 0. The van der Waals surface area contributed by atoms with Crippen LogP contribution in [0.4, 0.5) is 0 Å². The predicted molar refractivity (Wildman–Crippen MR) is 87.0 cm³/mol. The fourth-order valence-corrected chi connectivity index (χ4v) is 1.56. The summed E-state index contributed by atoms with van der Waals surface area (Å²) in [6, 6.07) is 0. The SMILES string of the molecule is C=C(C)/C=C\C(C)=C/C.CCCCC(CC)CC. The minimum atomic E-state index is 1.00. The van der Waals surface area contributed by atoms with Crippen LogP contribution in [0.3, 0.4) is 0 Å². The lowest BCUT2D eigenvalue weighted by molar-refractivity contribution is 0.438.